The predicted molar refractivity (Wildman–Crippen MR) is 61.5 cm³/mol. The lowest BCUT2D eigenvalue weighted by atomic mass is 10.2. The Labute approximate surface area is 102 Å². The Morgan fingerprint density at radius 3 is 2.76 bits per heavy atom. The molecule has 0 spiro atoms. The maximum absolute atomic E-state index is 11.7. The van der Waals surface area contributed by atoms with E-state index in [4.69, 9.17) is 14.9 Å². The van der Waals surface area contributed by atoms with Crippen LogP contribution in [-0.2, 0) is 4.79 Å². The first-order valence-corrected chi connectivity index (χ1v) is 5.73. The van der Waals surface area contributed by atoms with Crippen molar-refractivity contribution in [3.8, 4) is 5.75 Å². The largest absolute Gasteiger partial charge is 0.496 e. The van der Waals surface area contributed by atoms with Crippen LogP contribution in [-0.4, -0.2) is 41.8 Å². The number of aliphatic carboxylic acids is 1. The van der Waals surface area contributed by atoms with Gasteiger partial charge in [-0.2, -0.15) is 0 Å². The second kappa shape index (κ2) is 6.21. The van der Waals surface area contributed by atoms with E-state index < -0.39 is 17.9 Å². The summed E-state index contributed by atoms with van der Waals surface area (Å²) in [5.74, 6) is -1.11. The second-order valence-corrected chi connectivity index (χ2v) is 4.14. The zero-order chi connectivity index (χ0) is 12.8. The normalized spacial score (nSPS) is 11.9. The van der Waals surface area contributed by atoms with Crippen molar-refractivity contribution in [3.05, 3.63) is 16.3 Å². The molecule has 1 heterocycles. The first-order valence-electron chi connectivity index (χ1n) is 4.85. The van der Waals surface area contributed by atoms with E-state index in [9.17, 15) is 9.59 Å². The van der Waals surface area contributed by atoms with Crippen LogP contribution in [0.4, 0.5) is 0 Å². The molecule has 0 aliphatic carbocycles. The molecule has 0 fully saturated rings. The van der Waals surface area contributed by atoms with E-state index >= 15 is 0 Å². The van der Waals surface area contributed by atoms with E-state index in [1.807, 2.05) is 0 Å². The standard InChI is InChI=1S/C10H13NO5S/c1-16-6-4-8(17-5-6)9(13)11-7(2-3-12)10(14)15/h4-5,7,12H,2-3H2,1H3,(H,11,13)(H,14,15). The van der Waals surface area contributed by atoms with Crippen LogP contribution in [0.15, 0.2) is 11.4 Å². The van der Waals surface area contributed by atoms with E-state index in [-0.39, 0.29) is 13.0 Å². The van der Waals surface area contributed by atoms with Crippen molar-refractivity contribution in [2.45, 2.75) is 12.5 Å². The molecule has 1 atom stereocenters. The Kier molecular flexibility index (Phi) is 4.92. The Hall–Kier alpha value is -1.60. The first-order chi connectivity index (χ1) is 8.08. The molecular formula is C10H13NO5S. The van der Waals surface area contributed by atoms with Crippen LogP contribution in [0.5, 0.6) is 5.75 Å². The molecule has 17 heavy (non-hydrogen) atoms. The fourth-order valence-electron chi connectivity index (χ4n) is 1.16. The summed E-state index contributed by atoms with van der Waals surface area (Å²) < 4.78 is 4.92. The van der Waals surface area contributed by atoms with Crippen LogP contribution in [0, 0.1) is 0 Å². The average molecular weight is 259 g/mol. The lowest BCUT2D eigenvalue weighted by molar-refractivity contribution is -0.139. The third kappa shape index (κ3) is 3.72. The van der Waals surface area contributed by atoms with E-state index in [0.717, 1.165) is 11.3 Å². The third-order valence-electron chi connectivity index (χ3n) is 2.06. The number of methoxy groups -OCH3 is 1. The number of carbonyl (C=O) groups excluding carboxylic acids is 1. The van der Waals surface area contributed by atoms with Gasteiger partial charge in [-0.1, -0.05) is 0 Å². The second-order valence-electron chi connectivity index (χ2n) is 3.23. The summed E-state index contributed by atoms with van der Waals surface area (Å²) >= 11 is 1.16. The van der Waals surface area contributed by atoms with Gasteiger partial charge in [0, 0.05) is 24.5 Å². The molecule has 0 saturated carbocycles. The number of carboxylic acid groups (broad SMARTS) is 1. The summed E-state index contributed by atoms with van der Waals surface area (Å²) in [4.78, 5) is 22.8. The van der Waals surface area contributed by atoms with Gasteiger partial charge in [0.25, 0.3) is 5.91 Å². The molecule has 0 radical (unpaired) electrons. The summed E-state index contributed by atoms with van der Waals surface area (Å²) in [6.07, 6.45) is -0.0242. The number of nitrogens with one attached hydrogen (secondary N) is 1. The van der Waals surface area contributed by atoms with Crippen LogP contribution in [0.1, 0.15) is 16.1 Å². The predicted octanol–water partition coefficient (Wildman–Crippen LogP) is 0.322. The minimum atomic E-state index is -1.17. The Morgan fingerprint density at radius 1 is 1.59 bits per heavy atom. The van der Waals surface area contributed by atoms with Gasteiger partial charge in [-0.05, 0) is 0 Å². The number of rotatable bonds is 6. The van der Waals surface area contributed by atoms with Crippen LogP contribution >= 0.6 is 11.3 Å². The van der Waals surface area contributed by atoms with Crippen molar-refractivity contribution in [2.75, 3.05) is 13.7 Å². The number of carbonyl (C=O) groups is 2. The minimum Gasteiger partial charge on any atom is -0.496 e. The molecule has 1 rings (SSSR count). The van der Waals surface area contributed by atoms with Crippen LogP contribution in [0.2, 0.25) is 0 Å². The molecule has 1 amide bonds. The lowest BCUT2D eigenvalue weighted by Crippen LogP contribution is -2.41. The van der Waals surface area contributed by atoms with Gasteiger partial charge in [-0.25, -0.2) is 4.79 Å². The van der Waals surface area contributed by atoms with Gasteiger partial charge in [0.1, 0.15) is 11.8 Å². The topological polar surface area (TPSA) is 95.9 Å². The SMILES string of the molecule is COc1csc(C(=O)NC(CCO)C(=O)O)c1. The monoisotopic (exact) mass is 259 g/mol. The van der Waals surface area contributed by atoms with Crippen LogP contribution in [0.25, 0.3) is 0 Å². The Bertz CT molecular complexity index is 403. The summed E-state index contributed by atoms with van der Waals surface area (Å²) in [7, 11) is 1.48. The molecule has 0 bridgehead atoms. The first kappa shape index (κ1) is 13.5. The van der Waals surface area contributed by atoms with Gasteiger partial charge in [-0.3, -0.25) is 4.79 Å². The van der Waals surface area contributed by atoms with E-state index in [2.05, 4.69) is 5.32 Å². The van der Waals surface area contributed by atoms with Crippen molar-refractivity contribution in [3.63, 3.8) is 0 Å². The van der Waals surface area contributed by atoms with E-state index in [1.54, 1.807) is 5.38 Å². The van der Waals surface area contributed by atoms with Crippen molar-refractivity contribution in [2.24, 2.45) is 0 Å². The highest BCUT2D eigenvalue weighted by Gasteiger charge is 2.20. The number of ether oxygens (including phenoxy) is 1. The average Bonchev–Trinajstić information content (AvgIpc) is 2.76. The molecule has 0 saturated heterocycles. The fraction of sp³-hybridized carbons (Fsp3) is 0.400. The number of carboxylic acids is 1. The third-order valence-corrected chi connectivity index (χ3v) is 2.96. The molecular weight excluding hydrogens is 246 g/mol. The molecule has 94 valence electrons. The zero-order valence-corrected chi connectivity index (χ0v) is 9.99. The van der Waals surface area contributed by atoms with Gasteiger partial charge >= 0.3 is 5.97 Å². The van der Waals surface area contributed by atoms with Gasteiger partial charge < -0.3 is 20.3 Å². The van der Waals surface area contributed by atoms with E-state index in [0.29, 0.717) is 10.6 Å². The Balaban J connectivity index is 2.66. The molecule has 3 N–H and O–H groups in total. The highest BCUT2D eigenvalue weighted by atomic mass is 32.1. The zero-order valence-electron chi connectivity index (χ0n) is 9.17. The summed E-state index contributed by atoms with van der Waals surface area (Å²) in [5, 5.41) is 21.5. The van der Waals surface area contributed by atoms with Crippen molar-refractivity contribution < 1.29 is 24.5 Å². The molecule has 1 aromatic heterocycles. The molecule has 6 nitrogen and oxygen atoms in total. The summed E-state index contributed by atoms with van der Waals surface area (Å²) in [5.41, 5.74) is 0. The van der Waals surface area contributed by atoms with Crippen molar-refractivity contribution in [1.29, 1.82) is 0 Å². The molecule has 0 aliphatic heterocycles. The highest BCUT2D eigenvalue weighted by molar-refractivity contribution is 7.12. The van der Waals surface area contributed by atoms with Gasteiger partial charge in [-0.15, -0.1) is 11.3 Å². The smallest absolute Gasteiger partial charge is 0.326 e. The van der Waals surface area contributed by atoms with Gasteiger partial charge in [0.15, 0.2) is 0 Å². The van der Waals surface area contributed by atoms with Crippen molar-refractivity contribution >= 4 is 23.2 Å². The molecule has 0 aromatic carbocycles. The summed E-state index contributed by atoms with van der Waals surface area (Å²) in [6, 6.07) is 0.443. The quantitative estimate of drug-likeness (QED) is 0.684. The maximum Gasteiger partial charge on any atom is 0.326 e. The van der Waals surface area contributed by atoms with E-state index in [1.165, 1.54) is 13.2 Å². The maximum atomic E-state index is 11.7. The number of aliphatic hydroxyl groups is 1. The lowest BCUT2D eigenvalue weighted by Gasteiger charge is -2.11. The molecule has 7 heteroatoms. The number of hydrogen-bond acceptors (Lipinski definition) is 5. The minimum absolute atomic E-state index is 0.0242. The Morgan fingerprint density at radius 2 is 2.29 bits per heavy atom. The number of thiophene rings is 1. The number of amides is 1. The highest BCUT2D eigenvalue weighted by Crippen LogP contribution is 2.20. The van der Waals surface area contributed by atoms with Gasteiger partial charge in [0.2, 0.25) is 0 Å². The number of hydrogen-bond donors (Lipinski definition) is 3. The summed E-state index contributed by atoms with van der Waals surface area (Å²) in [6.45, 7) is -0.301. The van der Waals surface area contributed by atoms with Crippen molar-refractivity contribution in [1.82, 2.24) is 5.32 Å². The molecule has 1 unspecified atom stereocenters. The molecule has 1 aromatic rings. The fourth-order valence-corrected chi connectivity index (χ4v) is 1.92. The van der Waals surface area contributed by atoms with Gasteiger partial charge in [0.05, 0.1) is 12.0 Å². The number of aliphatic hydroxyl groups excluding tert-OH is 1. The van der Waals surface area contributed by atoms with Crippen LogP contribution in [0.3, 0.4) is 0 Å². The van der Waals surface area contributed by atoms with Crippen LogP contribution < -0.4 is 10.1 Å². The molecule has 0 aliphatic rings.